The maximum atomic E-state index is 7.41. The van der Waals surface area contributed by atoms with E-state index in [1.54, 1.807) is 6.07 Å². The molecule has 110 valence electrons. The van der Waals surface area contributed by atoms with Gasteiger partial charge < -0.3 is 5.73 Å². The van der Waals surface area contributed by atoms with Gasteiger partial charge in [-0.2, -0.15) is 0 Å². The molecule has 0 spiro atoms. The first-order valence-electron chi connectivity index (χ1n) is 6.51. The quantitative estimate of drug-likeness (QED) is 0.620. The number of benzene rings is 2. The molecule has 0 heterocycles. The van der Waals surface area contributed by atoms with Crippen molar-refractivity contribution in [1.82, 2.24) is 4.90 Å². The predicted molar refractivity (Wildman–Crippen MR) is 91.8 cm³/mol. The molecule has 0 aliphatic heterocycles. The lowest BCUT2D eigenvalue weighted by molar-refractivity contribution is 0.319. The summed E-state index contributed by atoms with van der Waals surface area (Å²) in [6, 6.07) is 13.8. The number of nitrogens with two attached hydrogens (primary N) is 1. The van der Waals surface area contributed by atoms with Gasteiger partial charge in [-0.1, -0.05) is 51.8 Å². The van der Waals surface area contributed by atoms with Crippen molar-refractivity contribution in [2.24, 2.45) is 5.73 Å². The zero-order valence-electron chi connectivity index (χ0n) is 11.7. The molecule has 5 heteroatoms. The van der Waals surface area contributed by atoms with Gasteiger partial charge in [-0.25, -0.2) is 0 Å². The summed E-state index contributed by atoms with van der Waals surface area (Å²) in [5.74, 6) is 0.0340. The van der Waals surface area contributed by atoms with E-state index in [0.717, 1.165) is 23.1 Å². The molecule has 0 saturated heterocycles. The lowest BCUT2D eigenvalue weighted by Gasteiger charge is -2.18. The molecule has 0 bridgehead atoms. The van der Waals surface area contributed by atoms with Gasteiger partial charge in [0.05, 0.1) is 0 Å². The summed E-state index contributed by atoms with van der Waals surface area (Å²) < 4.78 is 1.08. The molecule has 0 aromatic heterocycles. The fraction of sp³-hybridized carbons (Fsp3) is 0.188. The van der Waals surface area contributed by atoms with Gasteiger partial charge in [0.1, 0.15) is 5.84 Å². The van der Waals surface area contributed by atoms with Crippen LogP contribution in [-0.2, 0) is 13.1 Å². The zero-order valence-corrected chi connectivity index (χ0v) is 14.1. The number of hydrogen-bond acceptors (Lipinski definition) is 2. The standard InChI is InChI=1S/C16H17BrClN3/c1-21(9-11-2-6-14(17)7-3-11)10-13-5-4-12(16(19)20)8-15(13)18/h2-8H,9-10H2,1H3,(H3,19,20). The van der Waals surface area contributed by atoms with Crippen molar-refractivity contribution >= 4 is 33.4 Å². The van der Waals surface area contributed by atoms with E-state index in [-0.39, 0.29) is 5.84 Å². The highest BCUT2D eigenvalue weighted by Crippen LogP contribution is 2.20. The van der Waals surface area contributed by atoms with Crippen molar-refractivity contribution in [1.29, 1.82) is 5.41 Å². The first kappa shape index (κ1) is 16.0. The highest BCUT2D eigenvalue weighted by molar-refractivity contribution is 9.10. The zero-order chi connectivity index (χ0) is 15.4. The van der Waals surface area contributed by atoms with Crippen LogP contribution in [0.4, 0.5) is 0 Å². The summed E-state index contributed by atoms with van der Waals surface area (Å²) in [5.41, 5.74) is 8.39. The molecule has 0 aliphatic rings. The Kier molecular flexibility index (Phi) is 5.39. The van der Waals surface area contributed by atoms with Crippen molar-refractivity contribution < 1.29 is 0 Å². The average molecular weight is 367 g/mol. The third-order valence-corrected chi connectivity index (χ3v) is 4.05. The van der Waals surface area contributed by atoms with E-state index >= 15 is 0 Å². The molecule has 0 radical (unpaired) electrons. The Morgan fingerprint density at radius 3 is 2.43 bits per heavy atom. The second kappa shape index (κ2) is 7.07. The van der Waals surface area contributed by atoms with E-state index in [9.17, 15) is 0 Å². The minimum absolute atomic E-state index is 0.0340. The summed E-state index contributed by atoms with van der Waals surface area (Å²) in [7, 11) is 2.05. The lowest BCUT2D eigenvalue weighted by Crippen LogP contribution is -2.18. The average Bonchev–Trinajstić information content (AvgIpc) is 2.43. The van der Waals surface area contributed by atoms with Gasteiger partial charge >= 0.3 is 0 Å². The third kappa shape index (κ3) is 4.56. The molecule has 3 N–H and O–H groups in total. The van der Waals surface area contributed by atoms with E-state index in [1.807, 2.05) is 24.3 Å². The molecule has 2 aromatic carbocycles. The van der Waals surface area contributed by atoms with Crippen molar-refractivity contribution in [3.8, 4) is 0 Å². The predicted octanol–water partition coefficient (Wildman–Crippen LogP) is 4.02. The number of nitrogens with one attached hydrogen (secondary N) is 1. The number of hydrogen-bond donors (Lipinski definition) is 2. The molecule has 0 saturated carbocycles. The molecule has 0 aliphatic carbocycles. The summed E-state index contributed by atoms with van der Waals surface area (Å²) >= 11 is 9.69. The molecule has 0 fully saturated rings. The molecule has 21 heavy (non-hydrogen) atoms. The van der Waals surface area contributed by atoms with Crippen LogP contribution in [0.15, 0.2) is 46.9 Å². The Hall–Kier alpha value is -1.36. The minimum atomic E-state index is 0.0340. The summed E-state index contributed by atoms with van der Waals surface area (Å²) in [5, 5.41) is 8.06. The molecular weight excluding hydrogens is 350 g/mol. The second-order valence-corrected chi connectivity index (χ2v) is 6.34. The van der Waals surface area contributed by atoms with Crippen LogP contribution in [0.2, 0.25) is 5.02 Å². The molecule has 2 aromatic rings. The third-order valence-electron chi connectivity index (χ3n) is 3.17. The van der Waals surface area contributed by atoms with Crippen LogP contribution in [0.1, 0.15) is 16.7 Å². The molecular formula is C16H17BrClN3. The normalized spacial score (nSPS) is 10.9. The maximum absolute atomic E-state index is 7.41. The minimum Gasteiger partial charge on any atom is -0.384 e. The molecule has 2 rings (SSSR count). The Bertz CT molecular complexity index is 640. The molecule has 3 nitrogen and oxygen atoms in total. The summed E-state index contributed by atoms with van der Waals surface area (Å²) in [4.78, 5) is 2.19. The van der Waals surface area contributed by atoms with E-state index in [2.05, 4.69) is 40.0 Å². The van der Waals surface area contributed by atoms with Crippen LogP contribution >= 0.6 is 27.5 Å². The van der Waals surface area contributed by atoms with E-state index < -0.39 is 0 Å². The number of nitrogens with zero attached hydrogens (tertiary/aromatic N) is 1. The van der Waals surface area contributed by atoms with E-state index in [4.69, 9.17) is 22.7 Å². The summed E-state index contributed by atoms with van der Waals surface area (Å²) in [6.07, 6.45) is 0. The number of nitrogen functional groups attached to an aromatic ring is 1. The second-order valence-electron chi connectivity index (χ2n) is 5.02. The van der Waals surface area contributed by atoms with Crippen LogP contribution < -0.4 is 5.73 Å². The van der Waals surface area contributed by atoms with Crippen LogP contribution in [0.3, 0.4) is 0 Å². The van der Waals surface area contributed by atoms with Crippen LogP contribution in [-0.4, -0.2) is 17.8 Å². The van der Waals surface area contributed by atoms with Crippen molar-refractivity contribution in [2.45, 2.75) is 13.1 Å². The van der Waals surface area contributed by atoms with Gasteiger partial charge in [0.2, 0.25) is 0 Å². The van der Waals surface area contributed by atoms with E-state index in [1.165, 1.54) is 5.56 Å². The van der Waals surface area contributed by atoms with Gasteiger partial charge in [0.15, 0.2) is 0 Å². The largest absolute Gasteiger partial charge is 0.384 e. The first-order valence-corrected chi connectivity index (χ1v) is 7.68. The van der Waals surface area contributed by atoms with Crippen LogP contribution in [0.25, 0.3) is 0 Å². The molecule has 0 amide bonds. The number of amidine groups is 1. The van der Waals surface area contributed by atoms with Gasteiger partial charge in [-0.05, 0) is 36.4 Å². The SMILES string of the molecule is CN(Cc1ccc(Br)cc1)Cc1ccc(C(=N)N)cc1Cl. The smallest absolute Gasteiger partial charge is 0.122 e. The maximum Gasteiger partial charge on any atom is 0.122 e. The monoisotopic (exact) mass is 365 g/mol. The van der Waals surface area contributed by atoms with Crippen molar-refractivity contribution in [3.63, 3.8) is 0 Å². The molecule has 0 unspecified atom stereocenters. The van der Waals surface area contributed by atoms with Crippen molar-refractivity contribution in [3.05, 3.63) is 68.7 Å². The fourth-order valence-electron chi connectivity index (χ4n) is 2.09. The fourth-order valence-corrected chi connectivity index (χ4v) is 2.60. The Balaban J connectivity index is 2.04. The van der Waals surface area contributed by atoms with Gasteiger partial charge in [0.25, 0.3) is 0 Å². The highest BCUT2D eigenvalue weighted by atomic mass is 79.9. The summed E-state index contributed by atoms with van der Waals surface area (Å²) in [6.45, 7) is 1.59. The molecule has 0 atom stereocenters. The Morgan fingerprint density at radius 1 is 1.19 bits per heavy atom. The van der Waals surface area contributed by atoms with Gasteiger partial charge in [0, 0.05) is 28.1 Å². The number of rotatable bonds is 5. The highest BCUT2D eigenvalue weighted by Gasteiger charge is 2.07. The Morgan fingerprint density at radius 2 is 1.86 bits per heavy atom. The Labute approximate surface area is 138 Å². The van der Waals surface area contributed by atoms with Crippen molar-refractivity contribution in [2.75, 3.05) is 7.05 Å². The first-order chi connectivity index (χ1) is 9.95. The van der Waals surface area contributed by atoms with Crippen LogP contribution in [0, 0.1) is 5.41 Å². The lowest BCUT2D eigenvalue weighted by atomic mass is 10.1. The van der Waals surface area contributed by atoms with Crippen LogP contribution in [0.5, 0.6) is 0 Å². The van der Waals surface area contributed by atoms with E-state index in [0.29, 0.717) is 10.6 Å². The topological polar surface area (TPSA) is 53.1 Å². The van der Waals surface area contributed by atoms with Gasteiger partial charge in [-0.3, -0.25) is 10.3 Å². The number of halogens is 2. The van der Waals surface area contributed by atoms with Gasteiger partial charge in [-0.15, -0.1) is 0 Å².